The molecule has 0 N–H and O–H groups in total. The molecule has 0 atom stereocenters. The fourth-order valence-electron chi connectivity index (χ4n) is 16.5. The Morgan fingerprint density at radius 3 is 1.18 bits per heavy atom. The standard InChI is InChI=1S/C27H25N2O.2C22H26N.2C19H20N/c1-16-13-17(2)25(26-24(16)21-12-11-19(4)28-27(21)30-26)23-14-22(18(3)15-29(23)5)20-9-7-6-8-10-20;2*1-14(2)18-7-8-20-19(13-18)9-10-23(6)22(20)21-12-15(3)11-16(4)17(21)5;2*1-13-11-14(2)15(3)18(12-13)19-17-8-6-5-7-16(17)9-10-20(19)4/h6-15H,1-5H3;2*7-14H,1-6H3;2*5-12H,1-4H3/q5*+1/i1D3,3D3;14D;;2D3;. The first kappa shape index (κ1) is 69.4. The largest absolute Gasteiger partial charge is 0.437 e. The SMILES string of the molecule is Cc1cc(C)c(C)c(-c2c3ccc(C(C)C)cc3cc[n+]2C)c1.Cc1cc(C)c(C)c(-c2c3ccccc3cc[n+]2C)c1.[2H]C(C)(C)c1ccc2c(-c3cc(C)cc(C)c3C)[n+](C)ccc2c1.[2H]C([2H])([2H])c1c[n+](C)c(-c2c(C)cc(C([2H])([2H])[2H])c3c2oc2nc(C)ccc23)cc1-c1ccccc1.[2H]C([2H])([2H])c1cc(C)cc(-c2c3ccccc3cc[n+]2C)c1C. The number of aromatic nitrogens is 6. The van der Waals surface area contributed by atoms with Crippen molar-refractivity contribution in [2.75, 3.05) is 0 Å². The Morgan fingerprint density at radius 2 is 0.733 bits per heavy atom. The summed E-state index contributed by atoms with van der Waals surface area (Å²) in [6.45, 7) is 28.8. The number of aryl methyl sites for hydroxylation is 17. The van der Waals surface area contributed by atoms with Gasteiger partial charge in [-0.3, -0.25) is 0 Å². The fraction of sp³-hybridized carbons (Fsp3) is 0.248. The Bertz CT molecular complexity index is 7090. The number of pyridine rings is 6. The van der Waals surface area contributed by atoms with Crippen LogP contribution in [0.1, 0.15) is 153 Å². The van der Waals surface area contributed by atoms with E-state index in [4.69, 9.17) is 18.1 Å². The molecule has 17 rings (SSSR count). The van der Waals surface area contributed by atoms with Gasteiger partial charge >= 0.3 is 0 Å². The number of nitrogens with zero attached hydrogens (tertiary/aromatic N) is 6. The molecule has 0 fully saturated rings. The predicted octanol–water partition coefficient (Wildman–Crippen LogP) is 25.6. The minimum atomic E-state index is -2.36. The first-order valence-corrected chi connectivity index (χ1v) is 40.2. The van der Waals surface area contributed by atoms with Crippen molar-refractivity contribution in [3.05, 3.63) is 344 Å². The maximum absolute atomic E-state index is 8.29. The highest BCUT2D eigenvalue weighted by molar-refractivity contribution is 6.11. The first-order chi connectivity index (χ1) is 59.3. The van der Waals surface area contributed by atoms with E-state index >= 15 is 0 Å². The average molecular weight is 1540 g/mol. The fourth-order valence-corrected chi connectivity index (χ4v) is 16.5. The Morgan fingerprint density at radius 1 is 0.336 bits per heavy atom. The van der Waals surface area contributed by atoms with Gasteiger partial charge in [-0.1, -0.05) is 171 Å². The predicted molar refractivity (Wildman–Crippen MR) is 490 cm³/mol. The summed E-state index contributed by atoms with van der Waals surface area (Å²) in [5.74, 6) is -0.0258. The lowest BCUT2D eigenvalue weighted by Gasteiger charge is -2.12. The van der Waals surface area contributed by atoms with Crippen molar-refractivity contribution in [3.8, 4) is 67.4 Å². The Hall–Kier alpha value is -12.1. The molecular formula is C109H117N6O+5. The normalized spacial score (nSPS) is 13.0. The number of rotatable bonds is 8. The molecule has 0 saturated heterocycles. The molecule has 17 aromatic rings. The Labute approximate surface area is 703 Å². The summed E-state index contributed by atoms with van der Waals surface area (Å²) >= 11 is 0. The first-order valence-electron chi connectivity index (χ1n) is 45.2. The maximum Gasteiger partial charge on any atom is 0.227 e. The summed E-state index contributed by atoms with van der Waals surface area (Å²) < 4.78 is 97.4. The van der Waals surface area contributed by atoms with Crippen LogP contribution in [0.2, 0.25) is 0 Å². The number of benzene rings is 10. The highest BCUT2D eigenvalue weighted by atomic mass is 16.3. The molecule has 584 valence electrons. The molecule has 0 unspecified atom stereocenters. The molecular weight excluding hydrogens is 1410 g/mol. The molecule has 0 aliphatic heterocycles. The van der Waals surface area contributed by atoms with Crippen LogP contribution in [-0.4, -0.2) is 4.98 Å². The molecule has 0 aliphatic rings. The van der Waals surface area contributed by atoms with Gasteiger partial charge < -0.3 is 4.42 Å². The molecule has 0 bridgehead atoms. The Balaban J connectivity index is 0.000000137. The molecule has 0 amide bonds. The van der Waals surface area contributed by atoms with Crippen molar-refractivity contribution in [3.63, 3.8) is 0 Å². The van der Waals surface area contributed by atoms with E-state index in [0.29, 0.717) is 55.9 Å². The van der Waals surface area contributed by atoms with E-state index in [0.717, 1.165) is 50.0 Å². The molecule has 10 aromatic carbocycles. The van der Waals surface area contributed by atoms with Crippen LogP contribution in [0.5, 0.6) is 0 Å². The lowest BCUT2D eigenvalue weighted by molar-refractivity contribution is -0.660. The zero-order chi connectivity index (χ0) is 91.4. The second-order valence-corrected chi connectivity index (χ2v) is 32.5. The van der Waals surface area contributed by atoms with Gasteiger partial charge in [-0.05, 0) is 282 Å². The van der Waals surface area contributed by atoms with Gasteiger partial charge in [0.15, 0.2) is 36.6 Å². The molecule has 0 radical (unpaired) electrons. The molecule has 7 heterocycles. The monoisotopic (exact) mass is 1540 g/mol. The van der Waals surface area contributed by atoms with E-state index in [1.54, 1.807) is 29.9 Å². The van der Waals surface area contributed by atoms with Crippen LogP contribution in [-0.2, 0) is 35.2 Å². The Kier molecular flexibility index (Phi) is 20.5. The van der Waals surface area contributed by atoms with Crippen molar-refractivity contribution in [2.24, 2.45) is 35.2 Å². The van der Waals surface area contributed by atoms with E-state index in [2.05, 4.69) is 279 Å². The van der Waals surface area contributed by atoms with Crippen LogP contribution in [0.4, 0.5) is 0 Å². The highest BCUT2D eigenvalue weighted by Gasteiger charge is 2.27. The highest BCUT2D eigenvalue weighted by Crippen LogP contribution is 2.42. The summed E-state index contributed by atoms with van der Waals surface area (Å²) in [6.07, 6.45) is 10.1. The number of hydrogen-bond donors (Lipinski definition) is 0. The van der Waals surface area contributed by atoms with Crippen molar-refractivity contribution < 1.29 is 41.0 Å². The average Bonchev–Trinajstić information content (AvgIpc) is 1.59. The summed E-state index contributed by atoms with van der Waals surface area (Å²) in [7, 11) is 10.2. The lowest BCUT2D eigenvalue weighted by atomic mass is 9.93. The van der Waals surface area contributed by atoms with Crippen LogP contribution >= 0.6 is 0 Å². The van der Waals surface area contributed by atoms with Crippen LogP contribution in [0, 0.1) is 111 Å². The van der Waals surface area contributed by atoms with Crippen LogP contribution < -0.4 is 22.8 Å². The number of fused-ring (bicyclic) bond motifs is 7. The lowest BCUT2D eigenvalue weighted by Crippen LogP contribution is -2.31. The molecule has 0 aliphatic carbocycles. The third-order valence-electron chi connectivity index (χ3n) is 23.2. The van der Waals surface area contributed by atoms with E-state index < -0.39 is 26.4 Å². The van der Waals surface area contributed by atoms with E-state index in [1.807, 2.05) is 115 Å². The van der Waals surface area contributed by atoms with Crippen LogP contribution in [0.25, 0.3) is 133 Å². The van der Waals surface area contributed by atoms with Gasteiger partial charge in [0, 0.05) is 66.1 Å². The van der Waals surface area contributed by atoms with Gasteiger partial charge in [-0.2, -0.15) is 0 Å². The van der Waals surface area contributed by atoms with Gasteiger partial charge in [0.25, 0.3) is 0 Å². The quantitative estimate of drug-likeness (QED) is 0.142. The summed E-state index contributed by atoms with van der Waals surface area (Å²) in [5, 5.41) is 11.1. The van der Waals surface area contributed by atoms with Gasteiger partial charge in [0.05, 0.1) is 49.4 Å². The minimum Gasteiger partial charge on any atom is -0.437 e. The van der Waals surface area contributed by atoms with Crippen molar-refractivity contribution in [2.45, 2.75) is 150 Å². The summed E-state index contributed by atoms with van der Waals surface area (Å²) in [4.78, 5) is 4.50. The molecule has 7 nitrogen and oxygen atoms in total. The van der Waals surface area contributed by atoms with Crippen molar-refractivity contribution in [1.82, 2.24) is 4.98 Å². The van der Waals surface area contributed by atoms with Crippen LogP contribution in [0.15, 0.2) is 248 Å². The van der Waals surface area contributed by atoms with Gasteiger partial charge in [0.1, 0.15) is 35.2 Å². The van der Waals surface area contributed by atoms with E-state index in [9.17, 15) is 0 Å². The summed E-state index contributed by atoms with van der Waals surface area (Å²) in [5.41, 5.74) is 32.0. The second-order valence-electron chi connectivity index (χ2n) is 32.5. The number of hydrogen-bond acceptors (Lipinski definition) is 2. The third-order valence-corrected chi connectivity index (χ3v) is 23.2. The smallest absolute Gasteiger partial charge is 0.227 e. The molecule has 116 heavy (non-hydrogen) atoms. The second kappa shape index (κ2) is 34.2. The minimum absolute atomic E-state index is 0.202. The molecule has 0 spiro atoms. The zero-order valence-corrected chi connectivity index (χ0v) is 71.8. The topological polar surface area (TPSA) is 45.4 Å². The molecule has 7 heteroatoms. The van der Waals surface area contributed by atoms with E-state index in [1.165, 1.54) is 122 Å². The van der Waals surface area contributed by atoms with E-state index in [-0.39, 0.29) is 11.1 Å². The molecule has 0 saturated carbocycles. The van der Waals surface area contributed by atoms with Gasteiger partial charge in [0.2, 0.25) is 34.2 Å². The summed E-state index contributed by atoms with van der Waals surface area (Å²) in [6, 6.07) is 72.8. The van der Waals surface area contributed by atoms with Gasteiger partial charge in [-0.15, -0.1) is 0 Å². The van der Waals surface area contributed by atoms with Crippen molar-refractivity contribution in [1.29, 1.82) is 0 Å². The molecule has 7 aromatic heterocycles. The third kappa shape index (κ3) is 16.8. The van der Waals surface area contributed by atoms with Crippen LogP contribution in [0.3, 0.4) is 0 Å². The maximum atomic E-state index is 8.29. The zero-order valence-electron chi connectivity index (χ0n) is 81.8. The number of furan rings is 1. The van der Waals surface area contributed by atoms with Gasteiger partial charge in [-0.25, -0.2) is 27.8 Å². The van der Waals surface area contributed by atoms with Crippen molar-refractivity contribution >= 4 is 65.2 Å².